The minimum atomic E-state index is -0.745. The van der Waals surface area contributed by atoms with Gasteiger partial charge in [0.1, 0.15) is 11.3 Å². The van der Waals surface area contributed by atoms with Crippen molar-refractivity contribution in [2.45, 2.75) is 13.3 Å². The van der Waals surface area contributed by atoms with E-state index in [-0.39, 0.29) is 23.5 Å². The molecule has 0 aliphatic rings. The van der Waals surface area contributed by atoms with Gasteiger partial charge in [-0.3, -0.25) is 4.79 Å². The third kappa shape index (κ3) is 2.28. The smallest absolute Gasteiger partial charge is 0.379 e. The van der Waals surface area contributed by atoms with Gasteiger partial charge in [-0.1, -0.05) is 6.92 Å². The SMILES string of the molecule is CCC(=O)Oc1cc2ccc(O)cc2oc1=O. The molecule has 0 saturated heterocycles. The van der Waals surface area contributed by atoms with Gasteiger partial charge in [-0.05, 0) is 18.2 Å². The maximum Gasteiger partial charge on any atom is 0.379 e. The molecule has 1 aromatic heterocycles. The number of rotatable bonds is 2. The monoisotopic (exact) mass is 234 g/mol. The molecule has 0 aliphatic carbocycles. The molecule has 0 radical (unpaired) electrons. The molecular formula is C12H10O5. The first-order valence-electron chi connectivity index (χ1n) is 5.07. The summed E-state index contributed by atoms with van der Waals surface area (Å²) in [6, 6.07) is 5.75. The highest BCUT2D eigenvalue weighted by Crippen LogP contribution is 2.21. The molecule has 0 bridgehead atoms. The molecule has 17 heavy (non-hydrogen) atoms. The van der Waals surface area contributed by atoms with Crippen LogP contribution in [0.1, 0.15) is 13.3 Å². The summed E-state index contributed by atoms with van der Waals surface area (Å²) in [7, 11) is 0. The van der Waals surface area contributed by atoms with Crippen molar-refractivity contribution in [1.82, 2.24) is 0 Å². The van der Waals surface area contributed by atoms with E-state index in [9.17, 15) is 14.7 Å². The molecule has 0 fully saturated rings. The van der Waals surface area contributed by atoms with E-state index in [4.69, 9.17) is 9.15 Å². The van der Waals surface area contributed by atoms with Crippen LogP contribution in [0.2, 0.25) is 0 Å². The first-order chi connectivity index (χ1) is 8.10. The van der Waals surface area contributed by atoms with E-state index < -0.39 is 11.6 Å². The van der Waals surface area contributed by atoms with Gasteiger partial charge in [-0.25, -0.2) is 4.79 Å². The van der Waals surface area contributed by atoms with Crippen LogP contribution in [0.5, 0.6) is 11.5 Å². The normalized spacial score (nSPS) is 10.4. The topological polar surface area (TPSA) is 76.7 Å². The van der Waals surface area contributed by atoms with Gasteiger partial charge in [0.2, 0.25) is 5.75 Å². The lowest BCUT2D eigenvalue weighted by atomic mass is 10.2. The number of fused-ring (bicyclic) bond motifs is 1. The molecule has 2 aromatic rings. The second-order valence-corrected chi connectivity index (χ2v) is 3.45. The highest BCUT2D eigenvalue weighted by Gasteiger charge is 2.10. The molecule has 1 heterocycles. The quantitative estimate of drug-likeness (QED) is 0.633. The molecule has 5 nitrogen and oxygen atoms in total. The number of hydrogen-bond donors (Lipinski definition) is 1. The van der Waals surface area contributed by atoms with Crippen molar-refractivity contribution in [1.29, 1.82) is 0 Å². The molecule has 1 aromatic carbocycles. The predicted octanol–water partition coefficient (Wildman–Crippen LogP) is 1.81. The highest BCUT2D eigenvalue weighted by atomic mass is 16.5. The van der Waals surface area contributed by atoms with Crippen LogP contribution in [0.15, 0.2) is 33.5 Å². The van der Waals surface area contributed by atoms with Crippen LogP contribution >= 0.6 is 0 Å². The summed E-state index contributed by atoms with van der Waals surface area (Å²) >= 11 is 0. The fraction of sp³-hybridized carbons (Fsp3) is 0.167. The van der Waals surface area contributed by atoms with Crippen molar-refractivity contribution in [3.63, 3.8) is 0 Å². The fourth-order valence-electron chi connectivity index (χ4n) is 1.35. The summed E-state index contributed by atoms with van der Waals surface area (Å²) in [5.74, 6) is -0.649. The number of esters is 1. The summed E-state index contributed by atoms with van der Waals surface area (Å²) in [6.07, 6.45) is 0.174. The molecule has 0 unspecified atom stereocenters. The average molecular weight is 234 g/mol. The van der Waals surface area contributed by atoms with Crippen LogP contribution in [0.25, 0.3) is 11.0 Å². The van der Waals surface area contributed by atoms with Crippen molar-refractivity contribution < 1.29 is 19.1 Å². The third-order valence-corrected chi connectivity index (χ3v) is 2.20. The van der Waals surface area contributed by atoms with E-state index in [1.807, 2.05) is 0 Å². The standard InChI is InChI=1S/C12H10O5/c1-2-11(14)16-10-5-7-3-4-8(13)6-9(7)17-12(10)15/h3-6,13H,2H2,1H3. The Morgan fingerprint density at radius 2 is 2.18 bits per heavy atom. The van der Waals surface area contributed by atoms with Gasteiger partial charge >= 0.3 is 11.6 Å². The predicted molar refractivity (Wildman–Crippen MR) is 60.1 cm³/mol. The van der Waals surface area contributed by atoms with E-state index >= 15 is 0 Å². The minimum absolute atomic E-state index is 0.000969. The summed E-state index contributed by atoms with van der Waals surface area (Å²) < 4.78 is 9.75. The Hall–Kier alpha value is -2.30. The lowest BCUT2D eigenvalue weighted by molar-refractivity contribution is -0.134. The largest absolute Gasteiger partial charge is 0.508 e. The summed E-state index contributed by atoms with van der Waals surface area (Å²) in [5.41, 5.74) is -0.504. The van der Waals surface area contributed by atoms with Crippen LogP contribution in [-0.2, 0) is 4.79 Å². The number of hydrogen-bond acceptors (Lipinski definition) is 5. The Labute approximate surface area is 96.2 Å². The van der Waals surface area contributed by atoms with E-state index in [1.54, 1.807) is 13.0 Å². The summed E-state index contributed by atoms with van der Waals surface area (Å²) in [6.45, 7) is 1.63. The second kappa shape index (κ2) is 4.29. The summed E-state index contributed by atoms with van der Waals surface area (Å²) in [5, 5.41) is 9.80. The van der Waals surface area contributed by atoms with Crippen LogP contribution in [-0.4, -0.2) is 11.1 Å². The van der Waals surface area contributed by atoms with Crippen molar-refractivity contribution in [2.24, 2.45) is 0 Å². The molecule has 2 rings (SSSR count). The van der Waals surface area contributed by atoms with Crippen molar-refractivity contribution >= 4 is 16.9 Å². The van der Waals surface area contributed by atoms with Gasteiger partial charge in [-0.15, -0.1) is 0 Å². The summed E-state index contributed by atoms with van der Waals surface area (Å²) in [4.78, 5) is 22.6. The van der Waals surface area contributed by atoms with Gasteiger partial charge in [0.15, 0.2) is 0 Å². The number of carbonyl (C=O) groups excluding carboxylic acids is 1. The zero-order valence-corrected chi connectivity index (χ0v) is 9.10. The zero-order chi connectivity index (χ0) is 12.4. The van der Waals surface area contributed by atoms with Crippen LogP contribution < -0.4 is 10.4 Å². The van der Waals surface area contributed by atoms with Crippen LogP contribution in [0, 0.1) is 0 Å². The molecule has 0 saturated carbocycles. The highest BCUT2D eigenvalue weighted by molar-refractivity contribution is 5.80. The number of carbonyl (C=O) groups is 1. The first-order valence-corrected chi connectivity index (χ1v) is 5.07. The Morgan fingerprint density at radius 1 is 1.41 bits per heavy atom. The lowest BCUT2D eigenvalue weighted by Crippen LogP contribution is -2.12. The Morgan fingerprint density at radius 3 is 2.88 bits per heavy atom. The lowest BCUT2D eigenvalue weighted by Gasteiger charge is -2.02. The Kier molecular flexibility index (Phi) is 2.82. The average Bonchev–Trinajstić information content (AvgIpc) is 2.30. The second-order valence-electron chi connectivity index (χ2n) is 3.45. The molecular weight excluding hydrogens is 224 g/mol. The number of phenolic OH excluding ortho intramolecular Hbond substituents is 1. The van der Waals surface area contributed by atoms with Gasteiger partial charge in [0.25, 0.3) is 0 Å². The molecule has 88 valence electrons. The fourth-order valence-corrected chi connectivity index (χ4v) is 1.35. The van der Waals surface area contributed by atoms with Crippen molar-refractivity contribution in [2.75, 3.05) is 0 Å². The van der Waals surface area contributed by atoms with Crippen molar-refractivity contribution in [3.8, 4) is 11.5 Å². The Balaban J connectivity index is 2.52. The zero-order valence-electron chi connectivity index (χ0n) is 9.10. The molecule has 0 aliphatic heterocycles. The number of aromatic hydroxyl groups is 1. The molecule has 5 heteroatoms. The van der Waals surface area contributed by atoms with Crippen LogP contribution in [0.3, 0.4) is 0 Å². The Bertz CT molecular complexity index is 626. The number of benzene rings is 1. The van der Waals surface area contributed by atoms with E-state index in [0.29, 0.717) is 5.39 Å². The maximum absolute atomic E-state index is 11.5. The van der Waals surface area contributed by atoms with E-state index in [1.165, 1.54) is 18.2 Å². The molecule has 1 N–H and O–H groups in total. The van der Waals surface area contributed by atoms with E-state index in [2.05, 4.69) is 0 Å². The number of ether oxygens (including phenoxy) is 1. The van der Waals surface area contributed by atoms with Gasteiger partial charge in [0.05, 0.1) is 0 Å². The van der Waals surface area contributed by atoms with Crippen LogP contribution in [0.4, 0.5) is 0 Å². The maximum atomic E-state index is 11.5. The van der Waals surface area contributed by atoms with Gasteiger partial charge < -0.3 is 14.3 Å². The van der Waals surface area contributed by atoms with Crippen molar-refractivity contribution in [3.05, 3.63) is 34.7 Å². The molecule has 0 atom stereocenters. The number of phenols is 1. The molecule has 0 amide bonds. The first kappa shape index (κ1) is 11.2. The molecule has 0 spiro atoms. The van der Waals surface area contributed by atoms with Gasteiger partial charge in [0, 0.05) is 17.9 Å². The van der Waals surface area contributed by atoms with E-state index in [0.717, 1.165) is 0 Å². The minimum Gasteiger partial charge on any atom is -0.508 e. The third-order valence-electron chi connectivity index (χ3n) is 2.20. The van der Waals surface area contributed by atoms with Gasteiger partial charge in [-0.2, -0.15) is 0 Å².